The Labute approximate surface area is 155 Å². The minimum Gasteiger partial charge on any atom is -0.345 e. The van der Waals surface area contributed by atoms with Crippen LogP contribution in [0.15, 0.2) is 42.7 Å². The maximum Gasteiger partial charge on any atom is 0.188 e. The van der Waals surface area contributed by atoms with Crippen LogP contribution in [-0.4, -0.2) is 50.4 Å². The van der Waals surface area contributed by atoms with Crippen LogP contribution in [-0.2, 0) is 6.54 Å². The number of anilines is 1. The van der Waals surface area contributed by atoms with Crippen LogP contribution in [0, 0.1) is 6.92 Å². The van der Waals surface area contributed by atoms with E-state index in [0.717, 1.165) is 59.5 Å². The number of rotatable bonds is 3. The van der Waals surface area contributed by atoms with Crippen LogP contribution in [0.4, 0.5) is 5.13 Å². The van der Waals surface area contributed by atoms with Gasteiger partial charge in [0.2, 0.25) is 0 Å². The van der Waals surface area contributed by atoms with Crippen molar-refractivity contribution in [2.75, 3.05) is 31.1 Å². The van der Waals surface area contributed by atoms with E-state index in [9.17, 15) is 0 Å². The minimum atomic E-state index is 0.899. The summed E-state index contributed by atoms with van der Waals surface area (Å²) in [5.74, 6) is 0. The van der Waals surface area contributed by atoms with Gasteiger partial charge in [0.05, 0.1) is 5.69 Å². The van der Waals surface area contributed by atoms with Gasteiger partial charge in [-0.3, -0.25) is 4.90 Å². The lowest BCUT2D eigenvalue weighted by atomic mass is 10.3. The quantitative estimate of drug-likeness (QED) is 0.559. The SMILES string of the molecule is Cc1cccc2nc(CN3CCN(c4nc5cccnc5s4)CC3)cn12. The summed E-state index contributed by atoms with van der Waals surface area (Å²) in [6.07, 6.45) is 4.00. The van der Waals surface area contributed by atoms with E-state index in [4.69, 9.17) is 9.97 Å². The fourth-order valence-electron chi connectivity index (χ4n) is 3.50. The van der Waals surface area contributed by atoms with Gasteiger partial charge in [0.15, 0.2) is 5.13 Å². The van der Waals surface area contributed by atoms with Crippen LogP contribution >= 0.6 is 11.3 Å². The number of hydrogen-bond donors (Lipinski definition) is 0. The first-order valence-electron chi connectivity index (χ1n) is 8.89. The fraction of sp³-hybridized carbons (Fsp3) is 0.316. The first-order chi connectivity index (χ1) is 12.8. The third-order valence-electron chi connectivity index (χ3n) is 4.93. The number of fused-ring (bicyclic) bond motifs is 2. The Balaban J connectivity index is 1.27. The molecule has 6 nitrogen and oxygen atoms in total. The van der Waals surface area contributed by atoms with Gasteiger partial charge in [-0.05, 0) is 31.2 Å². The van der Waals surface area contributed by atoms with Crippen molar-refractivity contribution in [3.63, 3.8) is 0 Å². The molecule has 132 valence electrons. The van der Waals surface area contributed by atoms with E-state index in [1.807, 2.05) is 18.3 Å². The molecule has 1 aliphatic heterocycles. The van der Waals surface area contributed by atoms with Crippen molar-refractivity contribution in [2.45, 2.75) is 13.5 Å². The zero-order chi connectivity index (χ0) is 17.5. The van der Waals surface area contributed by atoms with E-state index >= 15 is 0 Å². The zero-order valence-corrected chi connectivity index (χ0v) is 15.5. The van der Waals surface area contributed by atoms with Crippen molar-refractivity contribution in [3.05, 3.63) is 54.1 Å². The molecule has 0 radical (unpaired) electrons. The molecule has 0 aromatic carbocycles. The zero-order valence-electron chi connectivity index (χ0n) is 14.7. The molecule has 1 saturated heterocycles. The molecular weight excluding hydrogens is 344 g/mol. The van der Waals surface area contributed by atoms with Gasteiger partial charge >= 0.3 is 0 Å². The van der Waals surface area contributed by atoms with E-state index in [2.05, 4.69) is 50.5 Å². The van der Waals surface area contributed by atoms with Gasteiger partial charge in [-0.2, -0.15) is 0 Å². The van der Waals surface area contributed by atoms with Crippen molar-refractivity contribution in [3.8, 4) is 0 Å². The van der Waals surface area contributed by atoms with Crippen LogP contribution in [0.5, 0.6) is 0 Å². The average molecular weight is 364 g/mol. The van der Waals surface area contributed by atoms with E-state index in [1.54, 1.807) is 11.3 Å². The second-order valence-corrected chi connectivity index (χ2v) is 7.67. The standard InChI is InChI=1S/C19H20N6S/c1-14-4-2-6-17-21-15(13-25(14)17)12-23-8-10-24(11-9-23)19-22-16-5-3-7-20-18(16)26-19/h2-7,13H,8-12H2,1H3. The predicted molar refractivity (Wildman–Crippen MR) is 105 cm³/mol. The Morgan fingerprint density at radius 1 is 1.04 bits per heavy atom. The average Bonchev–Trinajstić information content (AvgIpc) is 3.27. The molecule has 0 aliphatic carbocycles. The molecule has 0 spiro atoms. The van der Waals surface area contributed by atoms with Gasteiger partial charge < -0.3 is 9.30 Å². The van der Waals surface area contributed by atoms with Gasteiger partial charge in [0.25, 0.3) is 0 Å². The third-order valence-corrected chi connectivity index (χ3v) is 5.97. The highest BCUT2D eigenvalue weighted by Crippen LogP contribution is 2.27. The van der Waals surface area contributed by atoms with Crippen LogP contribution in [0.25, 0.3) is 16.0 Å². The van der Waals surface area contributed by atoms with Gasteiger partial charge in [0, 0.05) is 50.8 Å². The number of aromatic nitrogens is 4. The maximum absolute atomic E-state index is 4.76. The fourth-order valence-corrected chi connectivity index (χ4v) is 4.46. The second kappa shape index (κ2) is 6.34. The third kappa shape index (κ3) is 2.83. The molecule has 0 N–H and O–H groups in total. The summed E-state index contributed by atoms with van der Waals surface area (Å²) < 4.78 is 2.17. The second-order valence-electron chi connectivity index (χ2n) is 6.71. The Morgan fingerprint density at radius 2 is 1.92 bits per heavy atom. The number of nitrogens with zero attached hydrogens (tertiary/aromatic N) is 6. The van der Waals surface area contributed by atoms with E-state index in [0.29, 0.717) is 0 Å². The molecule has 7 heteroatoms. The van der Waals surface area contributed by atoms with Gasteiger partial charge in [-0.1, -0.05) is 17.4 Å². The number of thiazole rings is 1. The lowest BCUT2D eigenvalue weighted by Crippen LogP contribution is -2.46. The van der Waals surface area contributed by atoms with Crippen LogP contribution in [0.3, 0.4) is 0 Å². The first-order valence-corrected chi connectivity index (χ1v) is 9.70. The summed E-state index contributed by atoms with van der Waals surface area (Å²) in [5, 5.41) is 1.08. The number of hydrogen-bond acceptors (Lipinski definition) is 6. The van der Waals surface area contributed by atoms with E-state index in [1.165, 1.54) is 5.69 Å². The summed E-state index contributed by atoms with van der Waals surface area (Å²) in [6, 6.07) is 10.2. The summed E-state index contributed by atoms with van der Waals surface area (Å²) in [7, 11) is 0. The Hall–Kier alpha value is -2.51. The number of piperazine rings is 1. The molecule has 0 bridgehead atoms. The van der Waals surface area contributed by atoms with Crippen LogP contribution in [0.2, 0.25) is 0 Å². The highest BCUT2D eigenvalue weighted by atomic mass is 32.1. The molecule has 0 unspecified atom stereocenters. The van der Waals surface area contributed by atoms with Crippen molar-refractivity contribution < 1.29 is 0 Å². The normalized spacial score (nSPS) is 16.0. The monoisotopic (exact) mass is 364 g/mol. The lowest BCUT2D eigenvalue weighted by Gasteiger charge is -2.34. The molecule has 26 heavy (non-hydrogen) atoms. The largest absolute Gasteiger partial charge is 0.345 e. The first kappa shape index (κ1) is 15.7. The summed E-state index contributed by atoms with van der Waals surface area (Å²) in [6.45, 7) is 7.05. The molecule has 0 amide bonds. The Bertz CT molecular complexity index is 1030. The molecule has 0 atom stereocenters. The summed E-state index contributed by atoms with van der Waals surface area (Å²) >= 11 is 1.68. The number of pyridine rings is 2. The molecule has 5 heterocycles. The molecule has 0 saturated carbocycles. The van der Waals surface area contributed by atoms with Crippen LogP contribution < -0.4 is 4.90 Å². The smallest absolute Gasteiger partial charge is 0.188 e. The topological polar surface area (TPSA) is 49.6 Å². The number of imidazole rings is 1. The van der Waals surface area contributed by atoms with E-state index in [-0.39, 0.29) is 0 Å². The molecule has 4 aromatic rings. The molecule has 1 fully saturated rings. The van der Waals surface area contributed by atoms with Crippen molar-refractivity contribution in [1.29, 1.82) is 0 Å². The molecular formula is C19H20N6S. The van der Waals surface area contributed by atoms with Gasteiger partial charge in [0.1, 0.15) is 16.0 Å². The van der Waals surface area contributed by atoms with Crippen molar-refractivity contribution >= 4 is 32.5 Å². The van der Waals surface area contributed by atoms with Crippen molar-refractivity contribution in [2.24, 2.45) is 0 Å². The Morgan fingerprint density at radius 3 is 2.73 bits per heavy atom. The summed E-state index contributed by atoms with van der Waals surface area (Å²) in [5.41, 5.74) is 4.38. The minimum absolute atomic E-state index is 0.899. The van der Waals surface area contributed by atoms with Crippen molar-refractivity contribution in [1.82, 2.24) is 24.3 Å². The molecule has 4 aromatic heterocycles. The van der Waals surface area contributed by atoms with Crippen LogP contribution in [0.1, 0.15) is 11.4 Å². The van der Waals surface area contributed by atoms with Gasteiger partial charge in [-0.25, -0.2) is 15.0 Å². The lowest BCUT2D eigenvalue weighted by molar-refractivity contribution is 0.247. The van der Waals surface area contributed by atoms with E-state index < -0.39 is 0 Å². The molecule has 1 aliphatic rings. The number of aryl methyl sites for hydroxylation is 1. The highest BCUT2D eigenvalue weighted by Gasteiger charge is 2.20. The Kier molecular flexibility index (Phi) is 3.83. The highest BCUT2D eigenvalue weighted by molar-refractivity contribution is 7.21. The van der Waals surface area contributed by atoms with Gasteiger partial charge in [-0.15, -0.1) is 0 Å². The molecule has 5 rings (SSSR count). The maximum atomic E-state index is 4.76. The predicted octanol–water partition coefficient (Wildman–Crippen LogP) is 2.97. The summed E-state index contributed by atoms with van der Waals surface area (Å²) in [4.78, 5) is 19.8.